The van der Waals surface area contributed by atoms with Crippen LogP contribution in [0.4, 0.5) is 0 Å². The molecule has 1 heterocycles. The minimum atomic E-state index is -0.510. The van der Waals surface area contributed by atoms with E-state index in [2.05, 4.69) is 10.2 Å². The number of nitrogens with one attached hydrogen (secondary N) is 1. The molecule has 1 saturated heterocycles. The Morgan fingerprint density at radius 1 is 1.56 bits per heavy atom. The van der Waals surface area contributed by atoms with E-state index in [-0.39, 0.29) is 5.91 Å². The van der Waals surface area contributed by atoms with E-state index in [1.54, 1.807) is 0 Å². The number of carbonyl (C=O) groups excluding carboxylic acids is 1. The molecule has 0 aromatic rings. The number of nitrogens with zero attached hydrogens (tertiary/aromatic N) is 2. The first kappa shape index (κ1) is 12.9. The number of amides is 1. The number of ether oxygens (including phenoxy) is 1. The maximum Gasteiger partial charge on any atom is 0.237 e. The summed E-state index contributed by atoms with van der Waals surface area (Å²) in [5.41, 5.74) is 0. The molecule has 1 aliphatic heterocycles. The third kappa shape index (κ3) is 4.17. The molecule has 0 spiro atoms. The number of hydrogen-bond acceptors (Lipinski definition) is 4. The summed E-state index contributed by atoms with van der Waals surface area (Å²) in [5.74, 6) is -0.664. The Kier molecular flexibility index (Phi) is 5.83. The fraction of sp³-hybridized carbons (Fsp3) is 0.818. The molecule has 16 heavy (non-hydrogen) atoms. The van der Waals surface area contributed by atoms with Gasteiger partial charge in [-0.2, -0.15) is 5.26 Å². The van der Waals surface area contributed by atoms with E-state index in [1.165, 1.54) is 0 Å². The lowest BCUT2D eigenvalue weighted by Gasteiger charge is -2.26. The minimum absolute atomic E-state index is 0.154. The topological polar surface area (TPSA) is 65.4 Å². The largest absolute Gasteiger partial charge is 0.379 e. The first-order chi connectivity index (χ1) is 7.77. The highest BCUT2D eigenvalue weighted by atomic mass is 16.5. The van der Waals surface area contributed by atoms with Crippen molar-refractivity contribution in [2.75, 3.05) is 39.4 Å². The summed E-state index contributed by atoms with van der Waals surface area (Å²) in [6.07, 6.45) is 0.569. The molecule has 1 aliphatic rings. The zero-order valence-electron chi connectivity index (χ0n) is 9.74. The average Bonchev–Trinajstić information content (AvgIpc) is 2.32. The fourth-order valence-corrected chi connectivity index (χ4v) is 1.62. The molecular formula is C11H19N3O2. The van der Waals surface area contributed by atoms with Crippen LogP contribution in [0.25, 0.3) is 0 Å². The Hall–Kier alpha value is -1.12. The Labute approximate surface area is 96.4 Å². The molecule has 1 N–H and O–H groups in total. The molecule has 0 saturated carbocycles. The first-order valence-corrected chi connectivity index (χ1v) is 5.75. The average molecular weight is 225 g/mol. The molecule has 5 nitrogen and oxygen atoms in total. The third-order valence-corrected chi connectivity index (χ3v) is 2.71. The van der Waals surface area contributed by atoms with Gasteiger partial charge in [0.2, 0.25) is 5.91 Å². The second-order valence-corrected chi connectivity index (χ2v) is 3.83. The van der Waals surface area contributed by atoms with Crippen molar-refractivity contribution in [1.29, 1.82) is 5.26 Å². The number of morpholine rings is 1. The maximum atomic E-state index is 11.5. The zero-order valence-corrected chi connectivity index (χ0v) is 9.74. The summed E-state index contributed by atoms with van der Waals surface area (Å²) in [6, 6.07) is 1.99. The molecular weight excluding hydrogens is 206 g/mol. The lowest BCUT2D eigenvalue weighted by atomic mass is 10.1. The van der Waals surface area contributed by atoms with E-state index >= 15 is 0 Å². The molecule has 0 radical (unpaired) electrons. The van der Waals surface area contributed by atoms with Gasteiger partial charge in [0.1, 0.15) is 5.92 Å². The van der Waals surface area contributed by atoms with Crippen LogP contribution in [-0.4, -0.2) is 50.2 Å². The van der Waals surface area contributed by atoms with Crippen LogP contribution >= 0.6 is 0 Å². The number of rotatable bonds is 5. The van der Waals surface area contributed by atoms with Crippen molar-refractivity contribution in [2.45, 2.75) is 13.3 Å². The van der Waals surface area contributed by atoms with Gasteiger partial charge >= 0.3 is 0 Å². The van der Waals surface area contributed by atoms with Crippen LogP contribution in [0.1, 0.15) is 13.3 Å². The SMILES string of the molecule is CCC(C#N)C(=O)NCCN1CCOCC1. The standard InChI is InChI=1S/C11H19N3O2/c1-2-10(9-12)11(15)13-3-4-14-5-7-16-8-6-14/h10H,2-8H2,1H3,(H,13,15). The van der Waals surface area contributed by atoms with Gasteiger partial charge in [0.05, 0.1) is 19.3 Å². The lowest BCUT2D eigenvalue weighted by molar-refractivity contribution is -0.123. The molecule has 0 aromatic carbocycles. The highest BCUT2D eigenvalue weighted by Crippen LogP contribution is 2.00. The Bertz CT molecular complexity index is 256. The van der Waals surface area contributed by atoms with Gasteiger partial charge in [-0.1, -0.05) is 6.92 Å². The molecule has 90 valence electrons. The van der Waals surface area contributed by atoms with Gasteiger partial charge in [-0.15, -0.1) is 0 Å². The highest BCUT2D eigenvalue weighted by Gasteiger charge is 2.15. The molecule has 1 atom stereocenters. The molecule has 1 rings (SSSR count). The zero-order chi connectivity index (χ0) is 11.8. The van der Waals surface area contributed by atoms with Crippen LogP contribution in [0.5, 0.6) is 0 Å². The maximum absolute atomic E-state index is 11.5. The van der Waals surface area contributed by atoms with Crippen molar-refractivity contribution in [2.24, 2.45) is 5.92 Å². The Balaban J connectivity index is 2.14. The van der Waals surface area contributed by atoms with E-state index in [0.29, 0.717) is 13.0 Å². The van der Waals surface area contributed by atoms with Crippen LogP contribution in [0, 0.1) is 17.2 Å². The van der Waals surface area contributed by atoms with Crippen molar-refractivity contribution in [3.63, 3.8) is 0 Å². The van der Waals surface area contributed by atoms with Crippen LogP contribution in [0.15, 0.2) is 0 Å². The van der Waals surface area contributed by atoms with E-state index in [4.69, 9.17) is 10.00 Å². The van der Waals surface area contributed by atoms with E-state index in [1.807, 2.05) is 13.0 Å². The summed E-state index contributed by atoms with van der Waals surface area (Å²) in [4.78, 5) is 13.7. The van der Waals surface area contributed by atoms with E-state index in [0.717, 1.165) is 32.8 Å². The molecule has 1 amide bonds. The fourth-order valence-electron chi connectivity index (χ4n) is 1.62. The molecule has 5 heteroatoms. The molecule has 0 aromatic heterocycles. The quantitative estimate of drug-likeness (QED) is 0.714. The first-order valence-electron chi connectivity index (χ1n) is 5.75. The van der Waals surface area contributed by atoms with Crippen LogP contribution in [0.3, 0.4) is 0 Å². The summed E-state index contributed by atoms with van der Waals surface area (Å²) < 4.78 is 5.23. The van der Waals surface area contributed by atoms with Crippen LogP contribution in [0.2, 0.25) is 0 Å². The van der Waals surface area contributed by atoms with Gasteiger partial charge < -0.3 is 10.1 Å². The smallest absolute Gasteiger partial charge is 0.237 e. The van der Waals surface area contributed by atoms with Crippen LogP contribution in [-0.2, 0) is 9.53 Å². The van der Waals surface area contributed by atoms with Crippen LogP contribution < -0.4 is 5.32 Å². The van der Waals surface area contributed by atoms with Gasteiger partial charge in [-0.3, -0.25) is 9.69 Å². The third-order valence-electron chi connectivity index (χ3n) is 2.71. The highest BCUT2D eigenvalue weighted by molar-refractivity contribution is 5.80. The lowest BCUT2D eigenvalue weighted by Crippen LogP contribution is -2.42. The van der Waals surface area contributed by atoms with Crippen molar-refractivity contribution in [3.8, 4) is 6.07 Å². The monoisotopic (exact) mass is 225 g/mol. The Morgan fingerprint density at radius 3 is 2.81 bits per heavy atom. The van der Waals surface area contributed by atoms with Gasteiger partial charge in [-0.05, 0) is 6.42 Å². The van der Waals surface area contributed by atoms with Gasteiger partial charge in [0.15, 0.2) is 0 Å². The normalized spacial score (nSPS) is 18.8. The molecule has 1 unspecified atom stereocenters. The van der Waals surface area contributed by atoms with Crippen molar-refractivity contribution >= 4 is 5.91 Å². The second kappa shape index (κ2) is 7.20. The second-order valence-electron chi connectivity index (χ2n) is 3.83. The summed E-state index contributed by atoms with van der Waals surface area (Å²) in [7, 11) is 0. The molecule has 0 bridgehead atoms. The molecule has 0 aliphatic carbocycles. The summed E-state index contributed by atoms with van der Waals surface area (Å²) in [5, 5.41) is 11.5. The predicted molar refractivity (Wildman–Crippen MR) is 59.7 cm³/mol. The van der Waals surface area contributed by atoms with Gasteiger partial charge in [-0.25, -0.2) is 0 Å². The molecule has 1 fully saturated rings. The van der Waals surface area contributed by atoms with Gasteiger partial charge in [0.25, 0.3) is 0 Å². The summed E-state index contributed by atoms with van der Waals surface area (Å²) >= 11 is 0. The van der Waals surface area contributed by atoms with Crippen molar-refractivity contribution < 1.29 is 9.53 Å². The van der Waals surface area contributed by atoms with E-state index in [9.17, 15) is 4.79 Å². The van der Waals surface area contributed by atoms with Crippen molar-refractivity contribution in [1.82, 2.24) is 10.2 Å². The number of hydrogen-bond donors (Lipinski definition) is 1. The van der Waals surface area contributed by atoms with Crippen molar-refractivity contribution in [3.05, 3.63) is 0 Å². The Morgan fingerprint density at radius 2 is 2.25 bits per heavy atom. The number of nitriles is 1. The number of carbonyl (C=O) groups is 1. The van der Waals surface area contributed by atoms with Gasteiger partial charge in [0, 0.05) is 26.2 Å². The van der Waals surface area contributed by atoms with E-state index < -0.39 is 5.92 Å². The predicted octanol–water partition coefficient (Wildman–Crippen LogP) is -0.0154. The minimum Gasteiger partial charge on any atom is -0.379 e. The summed E-state index contributed by atoms with van der Waals surface area (Å²) in [6.45, 7) is 6.66.